The van der Waals surface area contributed by atoms with Crippen LogP contribution in [0, 0.1) is 0 Å². The highest BCUT2D eigenvalue weighted by Gasteiger charge is 2.15. The zero-order chi connectivity index (χ0) is 5.98. The van der Waals surface area contributed by atoms with E-state index >= 15 is 0 Å². The first-order chi connectivity index (χ1) is 3.79. The van der Waals surface area contributed by atoms with E-state index in [1.807, 2.05) is 0 Å². The molecule has 0 saturated heterocycles. The molecule has 0 radical (unpaired) electrons. The molecule has 2 atom stereocenters. The fraction of sp³-hybridized carbons (Fsp3) is 1.00. The van der Waals surface area contributed by atoms with Crippen molar-refractivity contribution in [1.29, 1.82) is 0 Å². The van der Waals surface area contributed by atoms with Crippen molar-refractivity contribution < 1.29 is 5.11 Å². The molecule has 1 fully saturated rings. The summed E-state index contributed by atoms with van der Waals surface area (Å²) in [6.45, 7) is 0. The maximum Gasteiger partial charge on any atom is 0.0555 e. The van der Waals surface area contributed by atoms with Crippen LogP contribution in [0.3, 0.4) is 0 Å². The molecule has 0 spiro atoms. The van der Waals surface area contributed by atoms with Gasteiger partial charge in [-0.3, -0.25) is 0 Å². The Morgan fingerprint density at radius 2 is 2.12 bits per heavy atom. The van der Waals surface area contributed by atoms with E-state index in [2.05, 4.69) is 0 Å². The van der Waals surface area contributed by atoms with Gasteiger partial charge in [0.25, 0.3) is 0 Å². The first-order valence-corrected chi connectivity index (χ1v) is 3.22. The molecule has 0 bridgehead atoms. The SMILES string of the molecule is N[C@H]1CCCC(O)C1. The van der Waals surface area contributed by atoms with Crippen LogP contribution >= 0.6 is 0 Å². The summed E-state index contributed by atoms with van der Waals surface area (Å²) in [7, 11) is 0. The monoisotopic (exact) mass is 115 g/mol. The molecule has 1 saturated carbocycles. The van der Waals surface area contributed by atoms with Crippen molar-refractivity contribution in [2.45, 2.75) is 37.8 Å². The van der Waals surface area contributed by atoms with Crippen LogP contribution in [0.1, 0.15) is 25.7 Å². The summed E-state index contributed by atoms with van der Waals surface area (Å²) in [6, 6.07) is 0.263. The van der Waals surface area contributed by atoms with Gasteiger partial charge in [-0.1, -0.05) is 0 Å². The van der Waals surface area contributed by atoms with Crippen molar-refractivity contribution in [2.75, 3.05) is 0 Å². The van der Waals surface area contributed by atoms with Crippen LogP contribution in [0.2, 0.25) is 0 Å². The minimum atomic E-state index is -0.112. The fourth-order valence-electron chi connectivity index (χ4n) is 1.20. The highest BCUT2D eigenvalue weighted by atomic mass is 16.3. The third-order valence-electron chi connectivity index (χ3n) is 1.69. The minimum Gasteiger partial charge on any atom is -0.393 e. The maximum atomic E-state index is 9.00. The Labute approximate surface area is 49.7 Å². The van der Waals surface area contributed by atoms with Crippen LogP contribution in [0.15, 0.2) is 0 Å². The van der Waals surface area contributed by atoms with Gasteiger partial charge in [-0.05, 0) is 25.7 Å². The summed E-state index contributed by atoms with van der Waals surface area (Å²) in [5.74, 6) is 0. The molecule has 8 heavy (non-hydrogen) atoms. The van der Waals surface area contributed by atoms with E-state index < -0.39 is 0 Å². The van der Waals surface area contributed by atoms with Gasteiger partial charge in [0.1, 0.15) is 0 Å². The van der Waals surface area contributed by atoms with Gasteiger partial charge < -0.3 is 10.8 Å². The standard InChI is InChI=1S/C6H13NO/c7-5-2-1-3-6(8)4-5/h5-6,8H,1-4,7H2/t5-,6?/m0/s1. The third-order valence-corrected chi connectivity index (χ3v) is 1.69. The van der Waals surface area contributed by atoms with E-state index in [1.54, 1.807) is 0 Å². The third kappa shape index (κ3) is 1.46. The zero-order valence-corrected chi connectivity index (χ0v) is 5.01. The number of aliphatic hydroxyl groups excluding tert-OH is 1. The van der Waals surface area contributed by atoms with Crippen molar-refractivity contribution in [3.05, 3.63) is 0 Å². The summed E-state index contributed by atoms with van der Waals surface area (Å²) < 4.78 is 0. The Bertz CT molecular complexity index is 66.9. The van der Waals surface area contributed by atoms with Gasteiger partial charge in [-0.15, -0.1) is 0 Å². The van der Waals surface area contributed by atoms with Crippen LogP contribution in [-0.2, 0) is 0 Å². The molecule has 1 rings (SSSR count). The van der Waals surface area contributed by atoms with Gasteiger partial charge in [0.05, 0.1) is 6.10 Å². The highest BCUT2D eigenvalue weighted by molar-refractivity contribution is 4.73. The predicted molar refractivity (Wildman–Crippen MR) is 32.5 cm³/mol. The van der Waals surface area contributed by atoms with Crippen LogP contribution in [0.4, 0.5) is 0 Å². The minimum absolute atomic E-state index is 0.112. The molecular formula is C6H13NO. The summed E-state index contributed by atoms with van der Waals surface area (Å²) in [6.07, 6.45) is 3.84. The Balaban J connectivity index is 2.23. The molecule has 1 unspecified atom stereocenters. The Hall–Kier alpha value is -0.0800. The van der Waals surface area contributed by atoms with Crippen LogP contribution in [-0.4, -0.2) is 17.3 Å². The van der Waals surface area contributed by atoms with Gasteiger partial charge in [-0.25, -0.2) is 0 Å². The van der Waals surface area contributed by atoms with E-state index in [4.69, 9.17) is 10.8 Å². The largest absolute Gasteiger partial charge is 0.393 e. The van der Waals surface area contributed by atoms with Crippen molar-refractivity contribution in [3.63, 3.8) is 0 Å². The van der Waals surface area contributed by atoms with Gasteiger partial charge in [0.2, 0.25) is 0 Å². The lowest BCUT2D eigenvalue weighted by atomic mass is 9.94. The van der Waals surface area contributed by atoms with E-state index in [-0.39, 0.29) is 12.1 Å². The average Bonchev–Trinajstić information content (AvgIpc) is 1.64. The lowest BCUT2D eigenvalue weighted by Crippen LogP contribution is -2.30. The Morgan fingerprint density at radius 1 is 1.38 bits per heavy atom. The second-order valence-electron chi connectivity index (χ2n) is 2.58. The predicted octanol–water partition coefficient (Wildman–Crippen LogP) is 0.249. The van der Waals surface area contributed by atoms with Crippen molar-refractivity contribution in [3.8, 4) is 0 Å². The summed E-state index contributed by atoms with van der Waals surface area (Å²) in [5.41, 5.74) is 5.57. The molecule has 1 aliphatic carbocycles. The van der Waals surface area contributed by atoms with Crippen LogP contribution < -0.4 is 5.73 Å². The molecule has 3 N–H and O–H groups in total. The van der Waals surface area contributed by atoms with E-state index in [0.29, 0.717) is 0 Å². The number of hydrogen-bond donors (Lipinski definition) is 2. The van der Waals surface area contributed by atoms with E-state index in [9.17, 15) is 0 Å². The summed E-state index contributed by atoms with van der Waals surface area (Å²) in [5, 5.41) is 9.00. The van der Waals surface area contributed by atoms with Crippen molar-refractivity contribution in [2.24, 2.45) is 5.73 Å². The molecule has 48 valence electrons. The van der Waals surface area contributed by atoms with Gasteiger partial charge >= 0.3 is 0 Å². The second kappa shape index (κ2) is 2.46. The first kappa shape index (κ1) is 6.05. The Kier molecular flexibility index (Phi) is 1.86. The zero-order valence-electron chi connectivity index (χ0n) is 5.01. The second-order valence-corrected chi connectivity index (χ2v) is 2.58. The number of rotatable bonds is 0. The molecule has 0 aliphatic heterocycles. The normalized spacial score (nSPS) is 39.8. The molecule has 0 aromatic carbocycles. The van der Waals surface area contributed by atoms with E-state index in [1.165, 1.54) is 0 Å². The van der Waals surface area contributed by atoms with Gasteiger partial charge in [0, 0.05) is 6.04 Å². The topological polar surface area (TPSA) is 46.2 Å². The molecule has 0 amide bonds. The lowest BCUT2D eigenvalue weighted by Gasteiger charge is -2.21. The molecule has 0 heterocycles. The number of aliphatic hydroxyl groups is 1. The summed E-state index contributed by atoms with van der Waals surface area (Å²) in [4.78, 5) is 0. The molecule has 0 aromatic heterocycles. The number of hydrogen-bond acceptors (Lipinski definition) is 2. The number of nitrogens with two attached hydrogens (primary N) is 1. The quantitative estimate of drug-likeness (QED) is 0.475. The van der Waals surface area contributed by atoms with Crippen molar-refractivity contribution >= 4 is 0 Å². The van der Waals surface area contributed by atoms with Gasteiger partial charge in [-0.2, -0.15) is 0 Å². The molecule has 0 aromatic rings. The maximum absolute atomic E-state index is 9.00. The molecular weight excluding hydrogens is 102 g/mol. The van der Waals surface area contributed by atoms with Crippen LogP contribution in [0.5, 0.6) is 0 Å². The van der Waals surface area contributed by atoms with E-state index in [0.717, 1.165) is 25.7 Å². The van der Waals surface area contributed by atoms with Crippen molar-refractivity contribution in [1.82, 2.24) is 0 Å². The average molecular weight is 115 g/mol. The lowest BCUT2D eigenvalue weighted by molar-refractivity contribution is 0.120. The summed E-state index contributed by atoms with van der Waals surface area (Å²) >= 11 is 0. The smallest absolute Gasteiger partial charge is 0.0555 e. The fourth-order valence-corrected chi connectivity index (χ4v) is 1.20. The van der Waals surface area contributed by atoms with Crippen LogP contribution in [0.25, 0.3) is 0 Å². The molecule has 2 nitrogen and oxygen atoms in total. The first-order valence-electron chi connectivity index (χ1n) is 3.22. The molecule has 2 heteroatoms. The Morgan fingerprint density at radius 3 is 2.50 bits per heavy atom. The highest BCUT2D eigenvalue weighted by Crippen LogP contribution is 2.15. The molecule has 1 aliphatic rings. The van der Waals surface area contributed by atoms with Gasteiger partial charge in [0.15, 0.2) is 0 Å².